The number of rotatable bonds is 4. The molecule has 0 unspecified atom stereocenters. The molecule has 0 fully saturated rings. The van der Waals surface area contributed by atoms with Crippen LogP contribution in [0.3, 0.4) is 0 Å². The maximum absolute atomic E-state index is 12.3. The van der Waals surface area contributed by atoms with Crippen molar-refractivity contribution >= 4 is 11.0 Å². The zero-order valence-electron chi connectivity index (χ0n) is 12.7. The van der Waals surface area contributed by atoms with Crippen LogP contribution in [0.5, 0.6) is 5.75 Å². The third-order valence-corrected chi connectivity index (χ3v) is 3.61. The molecule has 0 aliphatic rings. The number of nitrogens with one attached hydrogen (secondary N) is 1. The Labute approximate surface area is 137 Å². The van der Waals surface area contributed by atoms with Crippen molar-refractivity contribution in [1.29, 1.82) is 0 Å². The molecule has 2 heterocycles. The van der Waals surface area contributed by atoms with E-state index in [0.29, 0.717) is 16.9 Å². The highest BCUT2D eigenvalue weighted by molar-refractivity contribution is 5.75. The highest BCUT2D eigenvalue weighted by atomic mass is 16.5. The van der Waals surface area contributed by atoms with Crippen molar-refractivity contribution in [3.05, 3.63) is 83.0 Å². The van der Waals surface area contributed by atoms with E-state index in [4.69, 9.17) is 4.74 Å². The van der Waals surface area contributed by atoms with Crippen molar-refractivity contribution in [2.45, 2.75) is 6.61 Å². The normalized spacial score (nSPS) is 10.8. The summed E-state index contributed by atoms with van der Waals surface area (Å²) >= 11 is 0. The molecular formula is C18H14N4O2. The van der Waals surface area contributed by atoms with Gasteiger partial charge in [0.05, 0.1) is 11.9 Å². The third kappa shape index (κ3) is 2.65. The summed E-state index contributed by atoms with van der Waals surface area (Å²) < 4.78 is 7.31. The van der Waals surface area contributed by atoms with Gasteiger partial charge in [-0.3, -0.25) is 4.79 Å². The van der Waals surface area contributed by atoms with Crippen molar-refractivity contribution in [2.75, 3.05) is 0 Å². The van der Waals surface area contributed by atoms with E-state index in [0.717, 1.165) is 11.4 Å². The molecule has 0 aliphatic heterocycles. The van der Waals surface area contributed by atoms with Crippen molar-refractivity contribution in [3.63, 3.8) is 0 Å². The summed E-state index contributed by atoms with van der Waals surface area (Å²) in [6.45, 7) is 0.176. The first-order valence-electron chi connectivity index (χ1n) is 7.51. The molecule has 1 N–H and O–H groups in total. The fourth-order valence-electron chi connectivity index (χ4n) is 2.46. The Morgan fingerprint density at radius 1 is 1.00 bits per heavy atom. The lowest BCUT2D eigenvalue weighted by Gasteiger charge is -2.06. The number of hydrogen-bond donors (Lipinski definition) is 1. The van der Waals surface area contributed by atoms with Gasteiger partial charge in [-0.25, -0.2) is 9.67 Å². The first-order chi connectivity index (χ1) is 11.8. The highest BCUT2D eigenvalue weighted by Gasteiger charge is 2.11. The quantitative estimate of drug-likeness (QED) is 0.628. The minimum atomic E-state index is -0.228. The molecule has 0 saturated carbocycles. The molecule has 6 heteroatoms. The van der Waals surface area contributed by atoms with Crippen molar-refractivity contribution in [1.82, 2.24) is 19.7 Å². The minimum absolute atomic E-state index is 0.176. The van der Waals surface area contributed by atoms with Gasteiger partial charge in [-0.15, -0.1) is 0 Å². The summed E-state index contributed by atoms with van der Waals surface area (Å²) in [5, 5.41) is 4.73. The number of fused-ring (bicyclic) bond motifs is 1. The number of hydrogen-bond acceptors (Lipinski definition) is 4. The Kier molecular flexibility index (Phi) is 3.55. The van der Waals surface area contributed by atoms with Crippen molar-refractivity contribution < 1.29 is 4.74 Å². The van der Waals surface area contributed by atoms with E-state index < -0.39 is 0 Å². The molecule has 4 rings (SSSR count). The summed E-state index contributed by atoms with van der Waals surface area (Å²) in [5.74, 6) is 1.17. The van der Waals surface area contributed by atoms with Gasteiger partial charge >= 0.3 is 0 Å². The molecule has 118 valence electrons. The van der Waals surface area contributed by atoms with Gasteiger partial charge in [0.2, 0.25) is 0 Å². The molecule has 2 aromatic carbocycles. The average Bonchev–Trinajstić information content (AvgIpc) is 3.06. The predicted molar refractivity (Wildman–Crippen MR) is 90.3 cm³/mol. The maximum Gasteiger partial charge on any atom is 0.262 e. The second kappa shape index (κ2) is 6.00. The number of ether oxygens (including phenoxy) is 1. The van der Waals surface area contributed by atoms with E-state index in [1.54, 1.807) is 4.68 Å². The largest absolute Gasteiger partial charge is 0.486 e. The van der Waals surface area contributed by atoms with Gasteiger partial charge < -0.3 is 9.72 Å². The standard InChI is InChI=1S/C18H14N4O2/c23-18-15-11-19-22(13-7-3-1-4-8-13)17(15)20-16(21-18)12-24-14-9-5-2-6-10-14/h1-11H,12H2,(H,20,21,23). The van der Waals surface area contributed by atoms with E-state index in [1.807, 2.05) is 60.7 Å². The molecule has 2 aromatic heterocycles. The van der Waals surface area contributed by atoms with Crippen LogP contribution in [0.15, 0.2) is 71.7 Å². The summed E-state index contributed by atoms with van der Waals surface area (Å²) in [6.07, 6.45) is 1.52. The summed E-state index contributed by atoms with van der Waals surface area (Å²) in [7, 11) is 0. The van der Waals surface area contributed by atoms with Crippen LogP contribution in [0, 0.1) is 0 Å². The maximum atomic E-state index is 12.3. The Morgan fingerprint density at radius 3 is 2.46 bits per heavy atom. The average molecular weight is 318 g/mol. The Morgan fingerprint density at radius 2 is 1.71 bits per heavy atom. The Bertz CT molecular complexity index is 1020. The number of nitrogens with zero attached hydrogens (tertiary/aromatic N) is 3. The molecule has 6 nitrogen and oxygen atoms in total. The molecule has 0 spiro atoms. The van der Waals surface area contributed by atoms with Gasteiger partial charge in [-0.1, -0.05) is 36.4 Å². The summed E-state index contributed by atoms with van der Waals surface area (Å²) in [6, 6.07) is 19.0. The molecule has 24 heavy (non-hydrogen) atoms. The van der Waals surface area contributed by atoms with Crippen molar-refractivity contribution in [2.24, 2.45) is 0 Å². The third-order valence-electron chi connectivity index (χ3n) is 3.61. The first-order valence-corrected chi connectivity index (χ1v) is 7.51. The lowest BCUT2D eigenvalue weighted by Crippen LogP contribution is -2.14. The second-order valence-corrected chi connectivity index (χ2v) is 5.24. The van der Waals surface area contributed by atoms with Crippen LogP contribution < -0.4 is 10.3 Å². The Hall–Kier alpha value is -3.41. The van der Waals surface area contributed by atoms with Crippen LogP contribution in [-0.4, -0.2) is 19.7 Å². The highest BCUT2D eigenvalue weighted by Crippen LogP contribution is 2.14. The second-order valence-electron chi connectivity index (χ2n) is 5.24. The minimum Gasteiger partial charge on any atom is -0.486 e. The van der Waals surface area contributed by atoms with Crippen LogP contribution >= 0.6 is 0 Å². The van der Waals surface area contributed by atoms with Crippen molar-refractivity contribution in [3.8, 4) is 11.4 Å². The molecule has 0 bridgehead atoms. The zero-order valence-corrected chi connectivity index (χ0v) is 12.7. The van der Waals surface area contributed by atoms with Crippen LogP contribution in [0.1, 0.15) is 5.82 Å². The van der Waals surface area contributed by atoms with Gasteiger partial charge in [-0.2, -0.15) is 5.10 Å². The van der Waals surface area contributed by atoms with E-state index in [9.17, 15) is 4.79 Å². The topological polar surface area (TPSA) is 72.8 Å². The summed E-state index contributed by atoms with van der Waals surface area (Å²) in [4.78, 5) is 19.5. The molecule has 0 radical (unpaired) electrons. The lowest BCUT2D eigenvalue weighted by molar-refractivity contribution is 0.296. The van der Waals surface area contributed by atoms with Gasteiger partial charge in [0, 0.05) is 0 Å². The lowest BCUT2D eigenvalue weighted by atomic mass is 10.3. The van der Waals surface area contributed by atoms with Crippen LogP contribution in [0.25, 0.3) is 16.7 Å². The number of aromatic amines is 1. The van der Waals surface area contributed by atoms with Gasteiger partial charge in [-0.05, 0) is 24.3 Å². The van der Waals surface area contributed by atoms with E-state index in [2.05, 4.69) is 15.1 Å². The predicted octanol–water partition coefficient (Wildman–Crippen LogP) is 2.69. The molecule has 0 amide bonds. The summed E-state index contributed by atoms with van der Waals surface area (Å²) in [5.41, 5.74) is 1.13. The molecular weight excluding hydrogens is 304 g/mol. The first kappa shape index (κ1) is 14.2. The fraction of sp³-hybridized carbons (Fsp3) is 0.0556. The molecule has 0 saturated heterocycles. The van der Waals surface area contributed by atoms with Gasteiger partial charge in [0.25, 0.3) is 5.56 Å². The van der Waals surface area contributed by atoms with Crippen LogP contribution in [0.2, 0.25) is 0 Å². The monoisotopic (exact) mass is 318 g/mol. The smallest absolute Gasteiger partial charge is 0.262 e. The zero-order chi connectivity index (χ0) is 16.4. The number of H-pyrrole nitrogens is 1. The molecule has 0 atom stereocenters. The van der Waals surface area contributed by atoms with E-state index in [1.165, 1.54) is 6.20 Å². The number of benzene rings is 2. The SMILES string of the molecule is O=c1[nH]c(COc2ccccc2)nc2c1cnn2-c1ccccc1. The molecule has 4 aromatic rings. The van der Waals surface area contributed by atoms with Crippen LogP contribution in [-0.2, 0) is 6.61 Å². The van der Waals surface area contributed by atoms with Crippen LogP contribution in [0.4, 0.5) is 0 Å². The Balaban J connectivity index is 1.72. The van der Waals surface area contributed by atoms with E-state index in [-0.39, 0.29) is 12.2 Å². The van der Waals surface area contributed by atoms with E-state index >= 15 is 0 Å². The van der Waals surface area contributed by atoms with Gasteiger partial charge in [0.15, 0.2) is 5.65 Å². The molecule has 0 aliphatic carbocycles. The number of aromatic nitrogens is 4. The van der Waals surface area contributed by atoms with Gasteiger partial charge in [0.1, 0.15) is 23.6 Å². The number of para-hydroxylation sites is 2. The fourth-order valence-corrected chi connectivity index (χ4v) is 2.46.